The van der Waals surface area contributed by atoms with Crippen molar-refractivity contribution in [2.75, 3.05) is 0 Å². The van der Waals surface area contributed by atoms with Gasteiger partial charge in [-0.25, -0.2) is 8.42 Å². The summed E-state index contributed by atoms with van der Waals surface area (Å²) < 4.78 is 24.2. The number of rotatable bonds is 3. The van der Waals surface area contributed by atoms with Crippen LogP contribution in [0.1, 0.15) is 20.8 Å². The first-order chi connectivity index (χ1) is 6.72. The van der Waals surface area contributed by atoms with Crippen LogP contribution < -0.4 is 4.89 Å². The Labute approximate surface area is 102 Å². The zero-order chi connectivity index (χ0) is 11.7. The Morgan fingerprint density at radius 3 is 2.47 bits per heavy atom. The lowest BCUT2D eigenvalue weighted by Gasteiger charge is -2.18. The summed E-state index contributed by atoms with van der Waals surface area (Å²) in [6.45, 7) is 5.29. The smallest absolute Gasteiger partial charge is 0.273 e. The molecule has 0 spiro atoms. The highest BCUT2D eigenvalue weighted by Crippen LogP contribution is 2.27. The van der Waals surface area contributed by atoms with Gasteiger partial charge in [0.25, 0.3) is 10.0 Å². The third kappa shape index (κ3) is 3.84. The molecule has 0 saturated heterocycles. The van der Waals surface area contributed by atoms with Gasteiger partial charge in [0.2, 0.25) is 0 Å². The number of nitrogens with one attached hydrogen (secondary N) is 1. The first-order valence-electron chi connectivity index (χ1n) is 4.15. The molecule has 0 amide bonds. The van der Waals surface area contributed by atoms with Gasteiger partial charge < -0.3 is 0 Å². The van der Waals surface area contributed by atoms with Gasteiger partial charge in [-0.1, -0.05) is 4.89 Å². The summed E-state index contributed by atoms with van der Waals surface area (Å²) in [4.78, 5) is 7.12. The summed E-state index contributed by atoms with van der Waals surface area (Å²) in [5, 5.41) is 1.69. The van der Waals surface area contributed by atoms with E-state index >= 15 is 0 Å². The van der Waals surface area contributed by atoms with Crippen molar-refractivity contribution >= 4 is 37.3 Å². The number of thiophene rings is 1. The second-order valence-corrected chi connectivity index (χ2v) is 7.47. The summed E-state index contributed by atoms with van der Waals surface area (Å²) in [6.07, 6.45) is 0. The maximum atomic E-state index is 11.7. The molecule has 1 aromatic rings. The van der Waals surface area contributed by atoms with Crippen molar-refractivity contribution in [1.29, 1.82) is 0 Å². The van der Waals surface area contributed by atoms with Crippen molar-refractivity contribution in [2.45, 2.75) is 30.6 Å². The van der Waals surface area contributed by atoms with Crippen LogP contribution in [-0.4, -0.2) is 14.0 Å². The number of hydrogen-bond acceptors (Lipinski definition) is 4. The van der Waals surface area contributed by atoms with Crippen LogP contribution in [-0.2, 0) is 14.9 Å². The molecule has 86 valence electrons. The molecule has 0 aliphatic rings. The minimum Gasteiger partial charge on any atom is -0.281 e. The molecule has 1 rings (SSSR count). The zero-order valence-electron chi connectivity index (χ0n) is 8.57. The zero-order valence-corrected chi connectivity index (χ0v) is 11.8. The molecule has 0 atom stereocenters. The molecule has 0 aliphatic heterocycles. The maximum Gasteiger partial charge on any atom is 0.273 e. The third-order valence-electron chi connectivity index (χ3n) is 1.29. The van der Waals surface area contributed by atoms with Gasteiger partial charge in [0.1, 0.15) is 0 Å². The second kappa shape index (κ2) is 4.50. The Morgan fingerprint density at radius 1 is 1.47 bits per heavy atom. The molecule has 4 nitrogen and oxygen atoms in total. The first kappa shape index (κ1) is 13.1. The lowest BCUT2D eigenvalue weighted by Crippen LogP contribution is -2.33. The van der Waals surface area contributed by atoms with Gasteiger partial charge in [-0.3, -0.25) is 4.84 Å². The van der Waals surface area contributed by atoms with E-state index in [1.165, 1.54) is 0 Å². The number of halogens is 1. The molecule has 15 heavy (non-hydrogen) atoms. The Kier molecular flexibility index (Phi) is 3.94. The van der Waals surface area contributed by atoms with Crippen LogP contribution in [0.5, 0.6) is 0 Å². The summed E-state index contributed by atoms with van der Waals surface area (Å²) >= 11 is 4.29. The Bertz CT molecular complexity index is 433. The Hall–Kier alpha value is 0.0500. The summed E-state index contributed by atoms with van der Waals surface area (Å²) in [5.74, 6) is 0. The fourth-order valence-corrected chi connectivity index (χ4v) is 3.96. The summed E-state index contributed by atoms with van der Waals surface area (Å²) in [7, 11) is -3.58. The standard InChI is InChI=1S/C8H12BrNO3S2/c1-8(2,3)13-10-15(11,12)7-6(9)4-5-14-7/h4-5,10H,1-3H3. The van der Waals surface area contributed by atoms with E-state index in [0.29, 0.717) is 4.47 Å². The molecule has 0 aliphatic carbocycles. The highest BCUT2D eigenvalue weighted by molar-refractivity contribution is 9.10. The molecule has 1 N–H and O–H groups in total. The van der Waals surface area contributed by atoms with Crippen LogP contribution >= 0.6 is 27.3 Å². The molecule has 0 unspecified atom stereocenters. The molecular formula is C8H12BrNO3S2. The van der Waals surface area contributed by atoms with E-state index in [2.05, 4.69) is 20.8 Å². The molecule has 0 saturated carbocycles. The van der Waals surface area contributed by atoms with Gasteiger partial charge in [0.05, 0.1) is 5.60 Å². The fraction of sp³-hybridized carbons (Fsp3) is 0.500. The minimum atomic E-state index is -3.58. The van der Waals surface area contributed by atoms with Crippen LogP contribution in [0.2, 0.25) is 0 Å². The van der Waals surface area contributed by atoms with Gasteiger partial charge in [-0.15, -0.1) is 11.3 Å². The van der Waals surface area contributed by atoms with E-state index in [1.807, 2.05) is 0 Å². The van der Waals surface area contributed by atoms with Crippen molar-refractivity contribution < 1.29 is 13.3 Å². The molecule has 1 aromatic heterocycles. The molecule has 0 radical (unpaired) electrons. The molecule has 1 heterocycles. The lowest BCUT2D eigenvalue weighted by molar-refractivity contribution is -0.0357. The number of sulfonamides is 1. The van der Waals surface area contributed by atoms with Crippen LogP contribution in [0, 0.1) is 0 Å². The second-order valence-electron chi connectivity index (χ2n) is 3.86. The number of hydrogen-bond donors (Lipinski definition) is 1. The average molecular weight is 314 g/mol. The summed E-state index contributed by atoms with van der Waals surface area (Å²) in [5.41, 5.74) is -0.559. The van der Waals surface area contributed by atoms with E-state index in [4.69, 9.17) is 4.84 Å². The minimum absolute atomic E-state index is 0.215. The van der Waals surface area contributed by atoms with Crippen LogP contribution in [0.15, 0.2) is 20.1 Å². The fourth-order valence-electron chi connectivity index (χ4n) is 0.689. The molecule has 0 aromatic carbocycles. The van der Waals surface area contributed by atoms with E-state index in [-0.39, 0.29) is 4.21 Å². The van der Waals surface area contributed by atoms with E-state index in [9.17, 15) is 8.42 Å². The largest absolute Gasteiger partial charge is 0.281 e. The van der Waals surface area contributed by atoms with E-state index < -0.39 is 15.6 Å². The normalized spacial score (nSPS) is 13.1. The van der Waals surface area contributed by atoms with Crippen molar-refractivity contribution in [3.63, 3.8) is 0 Å². The van der Waals surface area contributed by atoms with E-state index in [1.54, 1.807) is 32.2 Å². The van der Waals surface area contributed by atoms with Gasteiger partial charge in [0, 0.05) is 4.47 Å². The SMILES string of the molecule is CC(C)(C)ONS(=O)(=O)c1sccc1Br. The topological polar surface area (TPSA) is 55.4 Å². The van der Waals surface area contributed by atoms with Gasteiger partial charge in [-0.2, -0.15) is 0 Å². The monoisotopic (exact) mass is 313 g/mol. The van der Waals surface area contributed by atoms with Gasteiger partial charge in [-0.05, 0) is 48.1 Å². The van der Waals surface area contributed by atoms with Crippen molar-refractivity contribution in [3.05, 3.63) is 15.9 Å². The van der Waals surface area contributed by atoms with Crippen LogP contribution in [0.4, 0.5) is 0 Å². The van der Waals surface area contributed by atoms with Crippen molar-refractivity contribution in [3.8, 4) is 0 Å². The molecule has 0 bridgehead atoms. The Balaban J connectivity index is 2.82. The molecule has 7 heteroatoms. The van der Waals surface area contributed by atoms with Crippen molar-refractivity contribution in [1.82, 2.24) is 4.89 Å². The first-order valence-corrected chi connectivity index (χ1v) is 7.31. The third-order valence-corrected chi connectivity index (χ3v) is 5.14. The molecular weight excluding hydrogens is 302 g/mol. The average Bonchev–Trinajstić information content (AvgIpc) is 2.47. The molecule has 0 fully saturated rings. The Morgan fingerprint density at radius 2 is 2.07 bits per heavy atom. The van der Waals surface area contributed by atoms with E-state index in [0.717, 1.165) is 11.3 Å². The summed E-state index contributed by atoms with van der Waals surface area (Å²) in [6, 6.07) is 1.68. The quantitative estimate of drug-likeness (QED) is 0.872. The predicted octanol–water partition coefficient (Wildman–Crippen LogP) is 2.52. The van der Waals surface area contributed by atoms with Crippen LogP contribution in [0.3, 0.4) is 0 Å². The van der Waals surface area contributed by atoms with Gasteiger partial charge >= 0.3 is 0 Å². The van der Waals surface area contributed by atoms with Crippen LogP contribution in [0.25, 0.3) is 0 Å². The van der Waals surface area contributed by atoms with Gasteiger partial charge in [0.15, 0.2) is 4.21 Å². The van der Waals surface area contributed by atoms with Crippen molar-refractivity contribution in [2.24, 2.45) is 0 Å². The highest BCUT2D eigenvalue weighted by atomic mass is 79.9. The highest BCUT2D eigenvalue weighted by Gasteiger charge is 2.22. The maximum absolute atomic E-state index is 11.7. The predicted molar refractivity (Wildman–Crippen MR) is 63.2 cm³/mol. The lowest BCUT2D eigenvalue weighted by atomic mass is 10.2.